The van der Waals surface area contributed by atoms with Crippen molar-refractivity contribution in [3.63, 3.8) is 0 Å². The van der Waals surface area contributed by atoms with Gasteiger partial charge in [0.1, 0.15) is 0 Å². The molecule has 1 amide bonds. The van der Waals surface area contributed by atoms with Crippen LogP contribution in [0.1, 0.15) is 39.6 Å². The quantitative estimate of drug-likeness (QED) is 0.776. The van der Waals surface area contributed by atoms with E-state index in [0.717, 1.165) is 11.1 Å². The van der Waals surface area contributed by atoms with Crippen molar-refractivity contribution >= 4 is 11.7 Å². The summed E-state index contributed by atoms with van der Waals surface area (Å²) < 4.78 is 0. The molecule has 3 rings (SSSR count). The SMILES string of the molecule is CC(CCO)NC(=O)c1ccc2c(c1)C(=O)c1ccccc1-2. The second-order valence-corrected chi connectivity index (χ2v) is 5.52. The van der Waals surface area contributed by atoms with Gasteiger partial charge in [0, 0.05) is 29.3 Å². The van der Waals surface area contributed by atoms with Crippen molar-refractivity contribution in [3.05, 3.63) is 59.2 Å². The normalized spacial score (nSPS) is 13.5. The average molecular weight is 295 g/mol. The highest BCUT2D eigenvalue weighted by Gasteiger charge is 2.27. The molecule has 0 spiro atoms. The molecule has 0 fully saturated rings. The van der Waals surface area contributed by atoms with Gasteiger partial charge in [-0.2, -0.15) is 0 Å². The third-order valence-electron chi connectivity index (χ3n) is 3.93. The fraction of sp³-hybridized carbons (Fsp3) is 0.222. The molecule has 1 atom stereocenters. The summed E-state index contributed by atoms with van der Waals surface area (Å²) in [6.45, 7) is 1.86. The number of amides is 1. The molecular formula is C18H17NO3. The number of carbonyl (C=O) groups is 2. The van der Waals surface area contributed by atoms with E-state index in [2.05, 4.69) is 5.32 Å². The van der Waals surface area contributed by atoms with Crippen molar-refractivity contribution in [3.8, 4) is 11.1 Å². The van der Waals surface area contributed by atoms with Gasteiger partial charge in [0.15, 0.2) is 5.78 Å². The molecule has 22 heavy (non-hydrogen) atoms. The van der Waals surface area contributed by atoms with Crippen LogP contribution < -0.4 is 5.32 Å². The molecule has 0 saturated carbocycles. The van der Waals surface area contributed by atoms with E-state index in [-0.39, 0.29) is 24.3 Å². The molecule has 1 unspecified atom stereocenters. The van der Waals surface area contributed by atoms with Gasteiger partial charge in [-0.15, -0.1) is 0 Å². The molecule has 1 aliphatic carbocycles. The van der Waals surface area contributed by atoms with Crippen LogP contribution in [0.4, 0.5) is 0 Å². The molecule has 2 aromatic rings. The number of aliphatic hydroxyl groups is 1. The lowest BCUT2D eigenvalue weighted by atomic mass is 10.0. The Bertz CT molecular complexity index is 752. The van der Waals surface area contributed by atoms with Crippen LogP contribution in [0.2, 0.25) is 0 Å². The second kappa shape index (κ2) is 5.73. The first kappa shape index (κ1) is 14.5. The number of fused-ring (bicyclic) bond motifs is 3. The summed E-state index contributed by atoms with van der Waals surface area (Å²) in [7, 11) is 0. The van der Waals surface area contributed by atoms with Crippen LogP contribution in [0.15, 0.2) is 42.5 Å². The summed E-state index contributed by atoms with van der Waals surface area (Å²) in [5.74, 6) is -0.267. The largest absolute Gasteiger partial charge is 0.396 e. The molecule has 1 aliphatic rings. The standard InChI is InChI=1S/C18H17NO3/c1-11(8-9-20)19-18(22)12-6-7-14-13-4-2-3-5-15(13)17(21)16(14)10-12/h2-7,10-11,20H,8-9H2,1H3,(H,19,22). The zero-order valence-corrected chi connectivity index (χ0v) is 12.3. The summed E-state index contributed by atoms with van der Waals surface area (Å²) in [5.41, 5.74) is 3.51. The minimum atomic E-state index is -0.229. The highest BCUT2D eigenvalue weighted by molar-refractivity contribution is 6.22. The monoisotopic (exact) mass is 295 g/mol. The Labute approximate surface area is 128 Å². The van der Waals surface area contributed by atoms with E-state index < -0.39 is 0 Å². The van der Waals surface area contributed by atoms with Gasteiger partial charge in [-0.3, -0.25) is 9.59 Å². The Kier molecular flexibility index (Phi) is 3.77. The van der Waals surface area contributed by atoms with Crippen molar-refractivity contribution in [1.29, 1.82) is 0 Å². The Balaban J connectivity index is 1.90. The first-order valence-corrected chi connectivity index (χ1v) is 7.31. The van der Waals surface area contributed by atoms with Gasteiger partial charge in [-0.05, 0) is 36.6 Å². The number of ketones is 1. The average Bonchev–Trinajstić information content (AvgIpc) is 2.81. The van der Waals surface area contributed by atoms with Crippen molar-refractivity contribution in [1.82, 2.24) is 5.32 Å². The van der Waals surface area contributed by atoms with Gasteiger partial charge in [0.25, 0.3) is 5.91 Å². The number of hydrogen-bond donors (Lipinski definition) is 2. The number of hydrogen-bond acceptors (Lipinski definition) is 3. The Morgan fingerprint density at radius 2 is 1.77 bits per heavy atom. The first-order chi connectivity index (χ1) is 10.6. The summed E-state index contributed by atoms with van der Waals surface area (Å²) in [6, 6.07) is 12.6. The fourth-order valence-electron chi connectivity index (χ4n) is 2.74. The first-order valence-electron chi connectivity index (χ1n) is 7.31. The summed E-state index contributed by atoms with van der Waals surface area (Å²) in [5, 5.41) is 11.7. The van der Waals surface area contributed by atoms with Gasteiger partial charge >= 0.3 is 0 Å². The van der Waals surface area contributed by atoms with Crippen LogP contribution in [0.3, 0.4) is 0 Å². The summed E-state index contributed by atoms with van der Waals surface area (Å²) in [6.07, 6.45) is 0.501. The topological polar surface area (TPSA) is 66.4 Å². The van der Waals surface area contributed by atoms with Crippen LogP contribution in [-0.4, -0.2) is 29.4 Å². The van der Waals surface area contributed by atoms with Crippen molar-refractivity contribution in [2.24, 2.45) is 0 Å². The lowest BCUT2D eigenvalue weighted by Crippen LogP contribution is -2.33. The number of benzene rings is 2. The predicted molar refractivity (Wildman–Crippen MR) is 83.9 cm³/mol. The molecule has 4 nitrogen and oxygen atoms in total. The molecule has 0 aromatic heterocycles. The maximum Gasteiger partial charge on any atom is 0.251 e. The number of carbonyl (C=O) groups excluding carboxylic acids is 2. The Morgan fingerprint density at radius 1 is 1.09 bits per heavy atom. The van der Waals surface area contributed by atoms with E-state index in [4.69, 9.17) is 5.11 Å². The Hall–Kier alpha value is -2.46. The van der Waals surface area contributed by atoms with E-state index in [1.54, 1.807) is 18.2 Å². The van der Waals surface area contributed by atoms with Crippen LogP contribution >= 0.6 is 0 Å². The van der Waals surface area contributed by atoms with Crippen LogP contribution in [0.5, 0.6) is 0 Å². The van der Waals surface area contributed by atoms with Crippen molar-refractivity contribution < 1.29 is 14.7 Å². The summed E-state index contributed by atoms with van der Waals surface area (Å²) >= 11 is 0. The van der Waals surface area contributed by atoms with Gasteiger partial charge in [-0.25, -0.2) is 0 Å². The molecule has 2 N–H and O–H groups in total. The van der Waals surface area contributed by atoms with E-state index in [1.165, 1.54) is 0 Å². The molecule has 0 saturated heterocycles. The third-order valence-corrected chi connectivity index (χ3v) is 3.93. The van der Waals surface area contributed by atoms with Gasteiger partial charge < -0.3 is 10.4 Å². The summed E-state index contributed by atoms with van der Waals surface area (Å²) in [4.78, 5) is 24.6. The highest BCUT2D eigenvalue weighted by atomic mass is 16.3. The van der Waals surface area contributed by atoms with Gasteiger partial charge in [0.05, 0.1) is 0 Å². The van der Waals surface area contributed by atoms with E-state index in [9.17, 15) is 9.59 Å². The number of rotatable bonds is 4. The maximum atomic E-state index is 12.4. The lowest BCUT2D eigenvalue weighted by molar-refractivity contribution is 0.0934. The van der Waals surface area contributed by atoms with Crippen LogP contribution in [0.25, 0.3) is 11.1 Å². The smallest absolute Gasteiger partial charge is 0.251 e. The van der Waals surface area contributed by atoms with E-state index in [1.807, 2.05) is 31.2 Å². The molecule has 2 aromatic carbocycles. The van der Waals surface area contributed by atoms with Crippen LogP contribution in [-0.2, 0) is 0 Å². The molecule has 112 valence electrons. The van der Waals surface area contributed by atoms with Crippen molar-refractivity contribution in [2.45, 2.75) is 19.4 Å². The zero-order chi connectivity index (χ0) is 15.7. The minimum Gasteiger partial charge on any atom is -0.396 e. The predicted octanol–water partition coefficient (Wildman–Crippen LogP) is 2.40. The maximum absolute atomic E-state index is 12.4. The highest BCUT2D eigenvalue weighted by Crippen LogP contribution is 2.36. The third kappa shape index (κ3) is 2.42. The molecule has 0 aliphatic heterocycles. The number of nitrogens with one attached hydrogen (secondary N) is 1. The molecule has 0 bridgehead atoms. The number of aliphatic hydroxyl groups excluding tert-OH is 1. The Morgan fingerprint density at radius 3 is 2.50 bits per heavy atom. The van der Waals surface area contributed by atoms with Gasteiger partial charge in [-0.1, -0.05) is 30.3 Å². The van der Waals surface area contributed by atoms with E-state index >= 15 is 0 Å². The van der Waals surface area contributed by atoms with Crippen molar-refractivity contribution in [2.75, 3.05) is 6.61 Å². The van der Waals surface area contributed by atoms with Crippen LogP contribution in [0, 0.1) is 0 Å². The molecule has 4 heteroatoms. The lowest BCUT2D eigenvalue weighted by Gasteiger charge is -2.12. The second-order valence-electron chi connectivity index (χ2n) is 5.52. The fourth-order valence-corrected chi connectivity index (χ4v) is 2.74. The van der Waals surface area contributed by atoms with E-state index in [0.29, 0.717) is 23.1 Å². The molecule has 0 radical (unpaired) electrons. The minimum absolute atomic E-state index is 0.0272. The molecular weight excluding hydrogens is 278 g/mol. The van der Waals surface area contributed by atoms with Gasteiger partial charge in [0.2, 0.25) is 0 Å². The molecule has 0 heterocycles. The zero-order valence-electron chi connectivity index (χ0n) is 12.3.